The number of amides is 2. The minimum absolute atomic E-state index is 0.200. The second kappa shape index (κ2) is 10.8. The molecule has 0 fully saturated rings. The minimum Gasteiger partial charge on any atom is -0.307 e. The Morgan fingerprint density at radius 2 is 1.17 bits per heavy atom. The van der Waals surface area contributed by atoms with Crippen LogP contribution in [0.15, 0.2) is 77.9 Å². The number of carbonyl (C=O) groups is 1. The smallest absolute Gasteiger partial charge is 0.307 e. The topological polar surface area (TPSA) is 122 Å². The Kier molecular flexibility index (Phi) is 8.03. The summed E-state index contributed by atoms with van der Waals surface area (Å²) in [6.07, 6.45) is 0. The van der Waals surface area contributed by atoms with Gasteiger partial charge in [0.1, 0.15) is 5.82 Å². The maximum Gasteiger partial charge on any atom is 0.339 e. The Morgan fingerprint density at radius 1 is 0.743 bits per heavy atom. The first kappa shape index (κ1) is 26.0. The van der Waals surface area contributed by atoms with E-state index in [0.717, 1.165) is 23.3 Å². The van der Waals surface area contributed by atoms with Gasteiger partial charge in [0, 0.05) is 5.69 Å². The molecule has 0 saturated carbocycles. The summed E-state index contributed by atoms with van der Waals surface area (Å²) in [7, 11) is -8.96. The van der Waals surface area contributed by atoms with Crippen LogP contribution in [0, 0.1) is 19.7 Å². The largest absolute Gasteiger partial charge is 0.339 e. The first-order valence-corrected chi connectivity index (χ1v) is 13.7. The van der Waals surface area contributed by atoms with Crippen LogP contribution in [0.5, 0.6) is 0 Å². The SMILES string of the molecule is Cc1ccc(CS(=O)(=O)C(=NNC(=O)Nc2ccc(F)cc2)S(=O)(=O)Cc2ccc(C)cc2)cc1. The molecule has 0 aliphatic carbocycles. The van der Waals surface area contributed by atoms with Crippen molar-refractivity contribution in [1.29, 1.82) is 0 Å². The molecule has 0 aliphatic rings. The highest BCUT2D eigenvalue weighted by atomic mass is 32.3. The van der Waals surface area contributed by atoms with Crippen LogP contribution >= 0.6 is 0 Å². The summed E-state index contributed by atoms with van der Waals surface area (Å²) < 4.78 is 64.6. The lowest BCUT2D eigenvalue weighted by atomic mass is 10.2. The van der Waals surface area contributed by atoms with E-state index < -0.39 is 47.4 Å². The molecule has 3 aromatic rings. The van der Waals surface area contributed by atoms with Crippen molar-refractivity contribution >= 4 is 35.8 Å². The van der Waals surface area contributed by atoms with Gasteiger partial charge in [0.25, 0.3) is 4.38 Å². The molecule has 0 heterocycles. The third-order valence-corrected chi connectivity index (χ3v) is 9.03. The quantitative estimate of drug-likeness (QED) is 0.290. The van der Waals surface area contributed by atoms with Crippen LogP contribution in [-0.2, 0) is 31.2 Å². The maximum absolute atomic E-state index is 13.2. The second-order valence-corrected chi connectivity index (χ2v) is 12.0. The number of sulfone groups is 2. The average molecular weight is 518 g/mol. The van der Waals surface area contributed by atoms with Crippen LogP contribution in [0.25, 0.3) is 0 Å². The molecule has 2 N–H and O–H groups in total. The summed E-state index contributed by atoms with van der Waals surface area (Å²) in [5, 5.41) is 5.84. The normalized spacial score (nSPS) is 11.5. The predicted molar refractivity (Wildman–Crippen MR) is 134 cm³/mol. The van der Waals surface area contributed by atoms with E-state index in [2.05, 4.69) is 10.4 Å². The number of hydrogen-bond acceptors (Lipinski definition) is 6. The second-order valence-electron chi connectivity index (χ2n) is 7.94. The minimum atomic E-state index is -4.48. The van der Waals surface area contributed by atoms with Crippen molar-refractivity contribution < 1.29 is 26.0 Å². The van der Waals surface area contributed by atoms with Gasteiger partial charge >= 0.3 is 6.03 Å². The summed E-state index contributed by atoms with van der Waals surface area (Å²) in [5.74, 6) is -1.76. The van der Waals surface area contributed by atoms with Gasteiger partial charge < -0.3 is 5.32 Å². The zero-order chi connectivity index (χ0) is 25.6. The lowest BCUT2D eigenvalue weighted by molar-refractivity contribution is 0.252. The average Bonchev–Trinajstić information content (AvgIpc) is 2.78. The standard InChI is InChI=1S/C24H24FN3O5S2/c1-17-3-7-19(8-4-17)15-34(30,31)24(35(32,33)16-20-9-5-18(2)6-10-20)28-27-23(29)26-22-13-11-21(25)12-14-22/h3-14H,15-16H2,1-2H3,(H2,26,27,29). The molecule has 184 valence electrons. The summed E-state index contributed by atoms with van der Waals surface area (Å²) >= 11 is 0. The van der Waals surface area contributed by atoms with Gasteiger partial charge in [-0.3, -0.25) is 0 Å². The molecular weight excluding hydrogens is 493 g/mol. The van der Waals surface area contributed by atoms with Crippen LogP contribution in [0.4, 0.5) is 14.9 Å². The molecule has 0 aliphatic heterocycles. The van der Waals surface area contributed by atoms with Gasteiger partial charge in [-0.25, -0.2) is 31.4 Å². The van der Waals surface area contributed by atoms with E-state index in [9.17, 15) is 26.0 Å². The van der Waals surface area contributed by atoms with Crippen LogP contribution in [0.2, 0.25) is 0 Å². The lowest BCUT2D eigenvalue weighted by Crippen LogP contribution is -2.32. The van der Waals surface area contributed by atoms with Gasteiger partial charge in [0.15, 0.2) is 0 Å². The number of nitrogens with zero attached hydrogens (tertiary/aromatic N) is 1. The zero-order valence-corrected chi connectivity index (χ0v) is 20.7. The highest BCUT2D eigenvalue weighted by Crippen LogP contribution is 2.17. The van der Waals surface area contributed by atoms with Crippen LogP contribution < -0.4 is 10.7 Å². The zero-order valence-electron chi connectivity index (χ0n) is 19.0. The Hall–Kier alpha value is -3.57. The first-order chi connectivity index (χ1) is 16.4. The van der Waals surface area contributed by atoms with E-state index in [1.807, 2.05) is 19.3 Å². The van der Waals surface area contributed by atoms with Crippen LogP contribution in [-0.4, -0.2) is 27.2 Å². The monoisotopic (exact) mass is 517 g/mol. The molecule has 0 radical (unpaired) electrons. The fourth-order valence-electron chi connectivity index (χ4n) is 3.05. The molecule has 3 rings (SSSR count). The molecule has 35 heavy (non-hydrogen) atoms. The first-order valence-electron chi connectivity index (χ1n) is 10.4. The van der Waals surface area contributed by atoms with Crippen molar-refractivity contribution in [3.05, 3.63) is 101 Å². The molecule has 3 aromatic carbocycles. The number of halogens is 1. The van der Waals surface area contributed by atoms with Crippen molar-refractivity contribution in [3.63, 3.8) is 0 Å². The van der Waals surface area contributed by atoms with Gasteiger partial charge in [0.2, 0.25) is 19.7 Å². The Balaban J connectivity index is 1.91. The van der Waals surface area contributed by atoms with E-state index in [4.69, 9.17) is 0 Å². The van der Waals surface area contributed by atoms with Gasteiger partial charge in [-0.05, 0) is 49.2 Å². The number of benzene rings is 3. The summed E-state index contributed by atoms with van der Waals surface area (Å²) in [6, 6.07) is 16.9. The number of aryl methyl sites for hydroxylation is 2. The Bertz CT molecular complexity index is 1360. The highest BCUT2D eigenvalue weighted by molar-refractivity contribution is 8.30. The van der Waals surface area contributed by atoms with Gasteiger partial charge in [-0.1, -0.05) is 59.7 Å². The molecule has 0 spiro atoms. The molecule has 11 heteroatoms. The molecule has 0 aromatic heterocycles. The summed E-state index contributed by atoms with van der Waals surface area (Å²) in [5.41, 5.74) is 4.68. The molecular formula is C24H24FN3O5S2. The Morgan fingerprint density at radius 3 is 1.60 bits per heavy atom. The molecule has 2 amide bonds. The third kappa shape index (κ3) is 7.46. The number of carbonyl (C=O) groups excluding carboxylic acids is 1. The number of anilines is 1. The molecule has 0 unspecified atom stereocenters. The van der Waals surface area contributed by atoms with Crippen LogP contribution in [0.3, 0.4) is 0 Å². The molecule has 0 saturated heterocycles. The summed E-state index contributed by atoms with van der Waals surface area (Å²) in [4.78, 5) is 12.2. The van der Waals surface area contributed by atoms with E-state index >= 15 is 0 Å². The number of hydrogen-bond donors (Lipinski definition) is 2. The molecule has 0 bridgehead atoms. The van der Waals surface area contributed by atoms with Gasteiger partial charge in [0.05, 0.1) is 11.5 Å². The van der Waals surface area contributed by atoms with E-state index in [-0.39, 0.29) is 5.69 Å². The fraction of sp³-hybridized carbons (Fsp3) is 0.167. The molecule has 8 nitrogen and oxygen atoms in total. The van der Waals surface area contributed by atoms with Crippen molar-refractivity contribution in [2.24, 2.45) is 5.10 Å². The van der Waals surface area contributed by atoms with E-state index in [0.29, 0.717) is 11.1 Å². The third-order valence-electron chi connectivity index (χ3n) is 4.84. The summed E-state index contributed by atoms with van der Waals surface area (Å²) in [6.45, 7) is 3.67. The van der Waals surface area contributed by atoms with Crippen LogP contribution in [0.1, 0.15) is 22.3 Å². The van der Waals surface area contributed by atoms with Crippen molar-refractivity contribution in [2.45, 2.75) is 25.4 Å². The highest BCUT2D eigenvalue weighted by Gasteiger charge is 2.34. The molecule has 0 atom stereocenters. The van der Waals surface area contributed by atoms with E-state index in [1.54, 1.807) is 48.5 Å². The van der Waals surface area contributed by atoms with Gasteiger partial charge in [-0.15, -0.1) is 5.10 Å². The fourth-order valence-corrected chi connectivity index (χ4v) is 6.83. The van der Waals surface area contributed by atoms with E-state index in [1.165, 1.54) is 12.1 Å². The van der Waals surface area contributed by atoms with Crippen molar-refractivity contribution in [1.82, 2.24) is 5.43 Å². The number of hydrazone groups is 1. The number of nitrogens with one attached hydrogen (secondary N) is 2. The predicted octanol–water partition coefficient (Wildman–Crippen LogP) is 4.07. The van der Waals surface area contributed by atoms with Crippen molar-refractivity contribution in [2.75, 3.05) is 5.32 Å². The number of urea groups is 1. The Labute approximate surface area is 203 Å². The lowest BCUT2D eigenvalue weighted by Gasteiger charge is -2.11. The maximum atomic E-state index is 13.2. The number of rotatable bonds is 6. The van der Waals surface area contributed by atoms with Gasteiger partial charge in [-0.2, -0.15) is 0 Å². The van der Waals surface area contributed by atoms with Crippen molar-refractivity contribution in [3.8, 4) is 0 Å².